The molecule has 0 aliphatic carbocycles. The lowest BCUT2D eigenvalue weighted by molar-refractivity contribution is -0.129. The molecule has 4 nitrogen and oxygen atoms in total. The Kier molecular flexibility index (Phi) is 4.94. The van der Waals surface area contributed by atoms with Gasteiger partial charge < -0.3 is 9.64 Å². The average Bonchev–Trinajstić information content (AvgIpc) is 2.94. The maximum absolute atomic E-state index is 12.2. The second kappa shape index (κ2) is 7.30. The highest BCUT2D eigenvalue weighted by atomic mass is 16.5. The predicted octanol–water partition coefficient (Wildman–Crippen LogP) is 3.38. The molecule has 1 amide bonds. The summed E-state index contributed by atoms with van der Waals surface area (Å²) in [4.78, 5) is 25.3. The van der Waals surface area contributed by atoms with Crippen LogP contribution in [0.1, 0.15) is 34.3 Å². The van der Waals surface area contributed by atoms with E-state index in [1.54, 1.807) is 6.07 Å². The molecule has 1 aliphatic rings. The number of carbonyl (C=O) groups excluding carboxylic acids is 2. The van der Waals surface area contributed by atoms with Crippen molar-refractivity contribution in [2.75, 3.05) is 6.61 Å². The second-order valence-electron chi connectivity index (χ2n) is 6.12. The van der Waals surface area contributed by atoms with Crippen LogP contribution in [0.4, 0.5) is 0 Å². The van der Waals surface area contributed by atoms with E-state index in [-0.39, 0.29) is 11.9 Å². The van der Waals surface area contributed by atoms with Crippen molar-refractivity contribution >= 4 is 12.2 Å². The lowest BCUT2D eigenvalue weighted by Crippen LogP contribution is -2.36. The molecule has 1 atom stereocenters. The second-order valence-corrected chi connectivity index (χ2v) is 6.12. The van der Waals surface area contributed by atoms with Gasteiger partial charge in [0.2, 0.25) is 5.91 Å². The number of carbonyl (C=O) groups is 2. The molecule has 1 aliphatic heterocycles. The van der Waals surface area contributed by atoms with E-state index in [0.29, 0.717) is 30.9 Å². The van der Waals surface area contributed by atoms with Gasteiger partial charge in [0.05, 0.1) is 11.6 Å². The van der Waals surface area contributed by atoms with Crippen molar-refractivity contribution in [3.8, 4) is 5.75 Å². The first-order valence-corrected chi connectivity index (χ1v) is 8.20. The molecule has 0 unspecified atom stereocenters. The van der Waals surface area contributed by atoms with Crippen molar-refractivity contribution in [1.82, 2.24) is 4.90 Å². The third-order valence-corrected chi connectivity index (χ3v) is 4.48. The first-order valence-electron chi connectivity index (χ1n) is 8.20. The van der Waals surface area contributed by atoms with Crippen LogP contribution in [0.15, 0.2) is 48.5 Å². The van der Waals surface area contributed by atoms with E-state index in [1.807, 2.05) is 54.3 Å². The molecule has 0 saturated carbocycles. The summed E-state index contributed by atoms with van der Waals surface area (Å²) >= 11 is 0. The number of benzene rings is 2. The zero-order valence-electron chi connectivity index (χ0n) is 13.8. The topological polar surface area (TPSA) is 46.6 Å². The van der Waals surface area contributed by atoms with Gasteiger partial charge in [0, 0.05) is 13.0 Å². The normalized spacial score (nSPS) is 17.1. The van der Waals surface area contributed by atoms with E-state index in [9.17, 15) is 9.59 Å². The van der Waals surface area contributed by atoms with E-state index in [0.717, 1.165) is 23.8 Å². The molecule has 2 aromatic rings. The lowest BCUT2D eigenvalue weighted by Gasteiger charge is -2.25. The van der Waals surface area contributed by atoms with Gasteiger partial charge in [-0.1, -0.05) is 42.5 Å². The van der Waals surface area contributed by atoms with E-state index in [4.69, 9.17) is 4.74 Å². The summed E-state index contributed by atoms with van der Waals surface area (Å²) in [7, 11) is 0. The smallest absolute Gasteiger partial charge is 0.223 e. The Morgan fingerprint density at radius 1 is 1.17 bits per heavy atom. The van der Waals surface area contributed by atoms with Crippen LogP contribution in [0.25, 0.3) is 0 Å². The molecule has 0 radical (unpaired) electrons. The largest absolute Gasteiger partial charge is 0.491 e. The summed E-state index contributed by atoms with van der Waals surface area (Å²) in [5.41, 5.74) is 2.59. The molecule has 24 heavy (non-hydrogen) atoms. The summed E-state index contributed by atoms with van der Waals surface area (Å²) < 4.78 is 5.88. The monoisotopic (exact) mass is 323 g/mol. The van der Waals surface area contributed by atoms with Crippen LogP contribution in [0.5, 0.6) is 5.75 Å². The summed E-state index contributed by atoms with van der Waals surface area (Å²) in [5.74, 6) is 0.747. The van der Waals surface area contributed by atoms with E-state index in [2.05, 4.69) is 0 Å². The third kappa shape index (κ3) is 3.48. The maximum Gasteiger partial charge on any atom is 0.223 e. The molecule has 0 aromatic heterocycles. The molecule has 1 heterocycles. The number of hydrogen-bond donors (Lipinski definition) is 0. The number of rotatable bonds is 6. The minimum absolute atomic E-state index is 0.0396. The van der Waals surface area contributed by atoms with Crippen molar-refractivity contribution < 1.29 is 14.3 Å². The Hall–Kier alpha value is -2.62. The number of aldehydes is 1. The molecule has 1 fully saturated rings. The molecule has 0 N–H and O–H groups in total. The van der Waals surface area contributed by atoms with Crippen molar-refractivity contribution in [3.05, 3.63) is 65.2 Å². The van der Waals surface area contributed by atoms with Crippen LogP contribution in [0.3, 0.4) is 0 Å². The van der Waals surface area contributed by atoms with E-state index < -0.39 is 0 Å². The average molecular weight is 323 g/mol. The Bertz CT molecular complexity index is 727. The summed E-state index contributed by atoms with van der Waals surface area (Å²) in [6.07, 6.45) is 2.16. The van der Waals surface area contributed by atoms with Crippen LogP contribution in [0.2, 0.25) is 0 Å². The Morgan fingerprint density at radius 3 is 2.71 bits per heavy atom. The third-order valence-electron chi connectivity index (χ3n) is 4.48. The lowest BCUT2D eigenvalue weighted by atomic mass is 10.1. The van der Waals surface area contributed by atoms with Crippen LogP contribution in [0, 0.1) is 6.92 Å². The minimum atomic E-state index is 0.0396. The quantitative estimate of drug-likeness (QED) is 0.766. The zero-order valence-corrected chi connectivity index (χ0v) is 13.8. The van der Waals surface area contributed by atoms with Gasteiger partial charge in [-0.25, -0.2) is 0 Å². The minimum Gasteiger partial charge on any atom is -0.491 e. The van der Waals surface area contributed by atoms with Crippen LogP contribution in [-0.4, -0.2) is 29.7 Å². The molecule has 2 aromatic carbocycles. The molecule has 0 bridgehead atoms. The van der Waals surface area contributed by atoms with Gasteiger partial charge in [0.25, 0.3) is 0 Å². The fourth-order valence-corrected chi connectivity index (χ4v) is 3.08. The Labute approximate surface area is 142 Å². The number of ether oxygens (including phenoxy) is 1. The SMILES string of the molecule is Cc1cccc(OC[C@@H]2CCC(=O)N2Cc2ccccc2)c1C=O. The van der Waals surface area contributed by atoms with Gasteiger partial charge in [-0.15, -0.1) is 0 Å². The van der Waals surface area contributed by atoms with Crippen LogP contribution < -0.4 is 4.74 Å². The number of likely N-dealkylation sites (tertiary alicyclic amines) is 1. The zero-order chi connectivity index (χ0) is 16.9. The first-order chi connectivity index (χ1) is 11.7. The highest BCUT2D eigenvalue weighted by Gasteiger charge is 2.31. The van der Waals surface area contributed by atoms with Gasteiger partial charge >= 0.3 is 0 Å². The predicted molar refractivity (Wildman–Crippen MR) is 92.1 cm³/mol. The summed E-state index contributed by atoms with van der Waals surface area (Å²) in [6, 6.07) is 15.6. The van der Waals surface area contributed by atoms with Crippen molar-refractivity contribution in [1.29, 1.82) is 0 Å². The Morgan fingerprint density at radius 2 is 1.96 bits per heavy atom. The summed E-state index contributed by atoms with van der Waals surface area (Å²) in [6.45, 7) is 2.89. The fraction of sp³-hybridized carbons (Fsp3) is 0.300. The standard InChI is InChI=1S/C20H21NO3/c1-15-6-5-9-19(18(15)13-22)24-14-17-10-11-20(23)21(17)12-16-7-3-2-4-8-16/h2-9,13,17H,10-12,14H2,1H3/t17-/m0/s1. The van der Waals surface area contributed by atoms with E-state index in [1.165, 1.54) is 0 Å². The summed E-state index contributed by atoms with van der Waals surface area (Å²) in [5, 5.41) is 0. The number of aryl methyl sites for hydroxylation is 1. The van der Waals surface area contributed by atoms with Gasteiger partial charge in [-0.3, -0.25) is 9.59 Å². The van der Waals surface area contributed by atoms with Crippen LogP contribution in [-0.2, 0) is 11.3 Å². The van der Waals surface area contributed by atoms with Gasteiger partial charge in [0.15, 0.2) is 6.29 Å². The molecule has 0 spiro atoms. The molecular formula is C20H21NO3. The maximum atomic E-state index is 12.2. The van der Waals surface area contributed by atoms with Crippen LogP contribution >= 0.6 is 0 Å². The molecule has 1 saturated heterocycles. The molecule has 124 valence electrons. The highest BCUT2D eigenvalue weighted by Crippen LogP contribution is 2.25. The van der Waals surface area contributed by atoms with Gasteiger partial charge in [0.1, 0.15) is 12.4 Å². The fourth-order valence-electron chi connectivity index (χ4n) is 3.08. The molecular weight excluding hydrogens is 302 g/mol. The Balaban J connectivity index is 1.69. The number of hydrogen-bond acceptors (Lipinski definition) is 3. The van der Waals surface area contributed by atoms with Crippen molar-refractivity contribution in [3.63, 3.8) is 0 Å². The first kappa shape index (κ1) is 16.2. The van der Waals surface area contributed by atoms with Crippen molar-refractivity contribution in [2.45, 2.75) is 32.4 Å². The molecule has 3 rings (SSSR count). The van der Waals surface area contributed by atoms with Gasteiger partial charge in [-0.2, -0.15) is 0 Å². The number of amides is 1. The molecule has 4 heteroatoms. The highest BCUT2D eigenvalue weighted by molar-refractivity contribution is 5.81. The van der Waals surface area contributed by atoms with E-state index >= 15 is 0 Å². The van der Waals surface area contributed by atoms with Gasteiger partial charge in [-0.05, 0) is 30.5 Å². The number of nitrogens with zero attached hydrogens (tertiary/aromatic N) is 1. The van der Waals surface area contributed by atoms with Crippen molar-refractivity contribution in [2.24, 2.45) is 0 Å².